The lowest BCUT2D eigenvalue weighted by molar-refractivity contribution is -0.145. The van der Waals surface area contributed by atoms with E-state index in [0.29, 0.717) is 37.7 Å². The third-order valence-electron chi connectivity index (χ3n) is 2.69. The van der Waals surface area contributed by atoms with E-state index >= 15 is 0 Å². The molecule has 1 rings (SSSR count). The molecule has 0 aromatic heterocycles. The van der Waals surface area contributed by atoms with Gasteiger partial charge in [0.1, 0.15) is 0 Å². The smallest absolute Gasteiger partial charge is 0.397 e. The molecule has 0 aliphatic carbocycles. The number of piperidine rings is 1. The summed E-state index contributed by atoms with van der Waals surface area (Å²) in [6.07, 6.45) is -3.53. The van der Waals surface area contributed by atoms with Gasteiger partial charge in [-0.15, -0.1) is 11.8 Å². The van der Waals surface area contributed by atoms with Crippen LogP contribution in [0.3, 0.4) is 0 Å². The highest BCUT2D eigenvalue weighted by atomic mass is 32.2. The average molecular weight is 285 g/mol. The fourth-order valence-corrected chi connectivity index (χ4v) is 2.41. The number of hydrogen-bond acceptors (Lipinski definition) is 3. The number of carboxylic acid groups (broad SMARTS) is 1. The van der Waals surface area contributed by atoms with Crippen LogP contribution in [0.1, 0.15) is 12.8 Å². The van der Waals surface area contributed by atoms with Crippen molar-refractivity contribution in [3.05, 3.63) is 0 Å². The van der Waals surface area contributed by atoms with Gasteiger partial charge in [0.15, 0.2) is 0 Å². The second kappa shape index (κ2) is 6.31. The number of thioether (sulfide) groups is 1. The lowest BCUT2D eigenvalue weighted by Crippen LogP contribution is -2.41. The van der Waals surface area contributed by atoms with Crippen molar-refractivity contribution in [1.29, 1.82) is 0 Å². The van der Waals surface area contributed by atoms with Crippen LogP contribution in [0.25, 0.3) is 0 Å². The summed E-state index contributed by atoms with van der Waals surface area (Å²) in [5, 5.41) is 8.76. The number of carboxylic acids is 1. The Hall–Kier alpha value is -0.920. The third kappa shape index (κ3) is 5.16. The minimum Gasteiger partial charge on any atom is -0.481 e. The van der Waals surface area contributed by atoms with Crippen LogP contribution in [0.15, 0.2) is 0 Å². The highest BCUT2D eigenvalue weighted by Gasteiger charge is 2.29. The molecule has 1 heterocycles. The van der Waals surface area contributed by atoms with Crippen LogP contribution in [0, 0.1) is 5.92 Å². The Morgan fingerprint density at radius 3 is 2.28 bits per heavy atom. The molecule has 0 spiro atoms. The van der Waals surface area contributed by atoms with Crippen LogP contribution >= 0.6 is 11.8 Å². The molecule has 0 aromatic carbocycles. The molecule has 0 aromatic rings. The van der Waals surface area contributed by atoms with Gasteiger partial charge in [-0.3, -0.25) is 9.59 Å². The SMILES string of the molecule is O=C(O)C1CCN(C(=O)CSCC(F)(F)F)CC1. The second-order valence-corrected chi connectivity index (χ2v) is 5.09. The van der Waals surface area contributed by atoms with E-state index in [1.54, 1.807) is 0 Å². The van der Waals surface area contributed by atoms with Crippen LogP contribution in [0.4, 0.5) is 13.2 Å². The zero-order valence-corrected chi connectivity index (χ0v) is 10.4. The maximum Gasteiger partial charge on any atom is 0.397 e. The number of aliphatic carboxylic acids is 1. The van der Waals surface area contributed by atoms with Crippen LogP contribution in [-0.2, 0) is 9.59 Å². The van der Waals surface area contributed by atoms with E-state index in [9.17, 15) is 22.8 Å². The first kappa shape index (κ1) is 15.1. The Kier molecular flexibility index (Phi) is 5.30. The monoisotopic (exact) mass is 285 g/mol. The van der Waals surface area contributed by atoms with E-state index < -0.39 is 23.8 Å². The molecule has 1 N–H and O–H groups in total. The molecular weight excluding hydrogens is 271 g/mol. The Morgan fingerprint density at radius 2 is 1.83 bits per heavy atom. The molecule has 0 unspecified atom stereocenters. The number of carbonyl (C=O) groups is 2. The summed E-state index contributed by atoms with van der Waals surface area (Å²) < 4.78 is 35.6. The average Bonchev–Trinajstić information content (AvgIpc) is 2.27. The van der Waals surface area contributed by atoms with Gasteiger partial charge in [-0.1, -0.05) is 0 Å². The van der Waals surface area contributed by atoms with Crippen LogP contribution in [0.5, 0.6) is 0 Å². The number of rotatable bonds is 4. The number of amides is 1. The van der Waals surface area contributed by atoms with Gasteiger partial charge in [0.25, 0.3) is 0 Å². The molecular formula is C10H14F3NO3S. The third-order valence-corrected chi connectivity index (χ3v) is 3.67. The molecule has 104 valence electrons. The first-order valence-electron chi connectivity index (χ1n) is 5.44. The second-order valence-electron chi connectivity index (χ2n) is 4.10. The molecule has 1 amide bonds. The van der Waals surface area contributed by atoms with Crippen molar-refractivity contribution in [2.45, 2.75) is 19.0 Å². The maximum absolute atomic E-state index is 11.9. The number of hydrogen-bond donors (Lipinski definition) is 1. The van der Waals surface area contributed by atoms with Crippen molar-refractivity contribution >= 4 is 23.6 Å². The Bertz CT molecular complexity index is 314. The van der Waals surface area contributed by atoms with Gasteiger partial charge in [-0.25, -0.2) is 0 Å². The Morgan fingerprint density at radius 1 is 1.28 bits per heavy atom. The topological polar surface area (TPSA) is 57.6 Å². The molecule has 1 aliphatic heterocycles. The fraction of sp³-hybridized carbons (Fsp3) is 0.800. The van der Waals surface area contributed by atoms with Crippen molar-refractivity contribution in [2.75, 3.05) is 24.6 Å². The van der Waals surface area contributed by atoms with E-state index in [-0.39, 0.29) is 11.7 Å². The zero-order valence-electron chi connectivity index (χ0n) is 9.57. The van der Waals surface area contributed by atoms with Gasteiger partial charge in [0, 0.05) is 13.1 Å². The number of alkyl halides is 3. The van der Waals surface area contributed by atoms with Crippen LogP contribution in [0.2, 0.25) is 0 Å². The van der Waals surface area contributed by atoms with E-state index in [4.69, 9.17) is 5.11 Å². The molecule has 0 radical (unpaired) electrons. The largest absolute Gasteiger partial charge is 0.481 e. The number of carbonyl (C=O) groups excluding carboxylic acids is 1. The van der Waals surface area contributed by atoms with Gasteiger partial charge in [0.05, 0.1) is 17.4 Å². The molecule has 18 heavy (non-hydrogen) atoms. The summed E-state index contributed by atoms with van der Waals surface area (Å²) in [4.78, 5) is 23.7. The Balaban J connectivity index is 2.26. The summed E-state index contributed by atoms with van der Waals surface area (Å²) in [5.74, 6) is -2.93. The first-order valence-corrected chi connectivity index (χ1v) is 6.60. The van der Waals surface area contributed by atoms with Crippen LogP contribution < -0.4 is 0 Å². The van der Waals surface area contributed by atoms with Crippen molar-refractivity contribution in [1.82, 2.24) is 4.90 Å². The van der Waals surface area contributed by atoms with E-state index in [0.717, 1.165) is 0 Å². The molecule has 1 fully saturated rings. The normalized spacial score (nSPS) is 17.8. The molecule has 0 bridgehead atoms. The summed E-state index contributed by atoms with van der Waals surface area (Å²) >= 11 is 0.537. The first-order chi connectivity index (χ1) is 8.29. The summed E-state index contributed by atoms with van der Waals surface area (Å²) in [6, 6.07) is 0. The summed E-state index contributed by atoms with van der Waals surface area (Å²) in [6.45, 7) is 0.616. The van der Waals surface area contributed by atoms with Gasteiger partial charge in [0.2, 0.25) is 5.91 Å². The minimum atomic E-state index is -4.26. The van der Waals surface area contributed by atoms with Gasteiger partial charge in [-0.2, -0.15) is 13.2 Å². The highest BCUT2D eigenvalue weighted by molar-refractivity contribution is 8.00. The highest BCUT2D eigenvalue weighted by Crippen LogP contribution is 2.22. The maximum atomic E-state index is 11.9. The molecule has 8 heteroatoms. The lowest BCUT2D eigenvalue weighted by Gasteiger charge is -2.30. The predicted octanol–water partition coefficient (Wildman–Crippen LogP) is 1.61. The number of halogens is 3. The lowest BCUT2D eigenvalue weighted by atomic mass is 9.97. The van der Waals surface area contributed by atoms with Gasteiger partial charge >= 0.3 is 12.1 Å². The van der Waals surface area contributed by atoms with Gasteiger partial charge < -0.3 is 10.0 Å². The molecule has 4 nitrogen and oxygen atoms in total. The number of nitrogens with zero attached hydrogens (tertiary/aromatic N) is 1. The summed E-state index contributed by atoms with van der Waals surface area (Å²) in [5.41, 5.74) is 0. The Labute approximate surface area is 107 Å². The molecule has 1 aliphatic rings. The minimum absolute atomic E-state index is 0.211. The van der Waals surface area contributed by atoms with Crippen molar-refractivity contribution in [2.24, 2.45) is 5.92 Å². The quantitative estimate of drug-likeness (QED) is 0.852. The zero-order chi connectivity index (χ0) is 13.8. The molecule has 0 saturated carbocycles. The van der Waals surface area contributed by atoms with E-state index in [2.05, 4.69) is 0 Å². The van der Waals surface area contributed by atoms with Crippen molar-refractivity contribution in [3.63, 3.8) is 0 Å². The van der Waals surface area contributed by atoms with E-state index in [1.807, 2.05) is 0 Å². The number of likely N-dealkylation sites (tertiary alicyclic amines) is 1. The van der Waals surface area contributed by atoms with Crippen molar-refractivity contribution in [3.8, 4) is 0 Å². The fourth-order valence-electron chi connectivity index (χ4n) is 1.72. The van der Waals surface area contributed by atoms with Crippen LogP contribution in [-0.4, -0.2) is 52.7 Å². The predicted molar refractivity (Wildman–Crippen MR) is 60.3 cm³/mol. The van der Waals surface area contributed by atoms with Gasteiger partial charge in [-0.05, 0) is 12.8 Å². The molecule has 1 saturated heterocycles. The standard InChI is InChI=1S/C10H14F3NO3S/c11-10(12,13)6-18-5-8(15)14-3-1-7(2-4-14)9(16)17/h7H,1-6H2,(H,16,17). The van der Waals surface area contributed by atoms with Crippen molar-refractivity contribution < 1.29 is 27.9 Å². The van der Waals surface area contributed by atoms with E-state index in [1.165, 1.54) is 4.90 Å². The molecule has 0 atom stereocenters. The summed E-state index contributed by atoms with van der Waals surface area (Å²) in [7, 11) is 0.